The van der Waals surface area contributed by atoms with E-state index in [0.29, 0.717) is 24.0 Å². The molecule has 1 aliphatic carbocycles. The second-order valence-corrected chi connectivity index (χ2v) is 7.90. The average Bonchev–Trinajstić information content (AvgIpc) is 3.38. The van der Waals surface area contributed by atoms with Crippen LogP contribution in [0.4, 0.5) is 5.69 Å². The van der Waals surface area contributed by atoms with Crippen LogP contribution in [-0.2, 0) is 12.0 Å². The van der Waals surface area contributed by atoms with Gasteiger partial charge in [-0.15, -0.1) is 5.10 Å². The molecule has 0 saturated heterocycles. The van der Waals surface area contributed by atoms with Gasteiger partial charge in [0.1, 0.15) is 6.54 Å². The first-order chi connectivity index (χ1) is 13.6. The highest BCUT2D eigenvalue weighted by Gasteiger charge is 2.51. The van der Waals surface area contributed by atoms with E-state index < -0.39 is 0 Å². The Morgan fingerprint density at radius 1 is 1.32 bits per heavy atom. The minimum Gasteiger partial charge on any atom is -0.340 e. The minimum atomic E-state index is -0.0985. The molecule has 0 bridgehead atoms. The first-order valence-corrected chi connectivity index (χ1v) is 9.69. The Balaban J connectivity index is 1.46. The van der Waals surface area contributed by atoms with E-state index in [1.165, 1.54) is 12.0 Å². The van der Waals surface area contributed by atoms with Crippen LogP contribution < -0.4 is 4.90 Å². The summed E-state index contributed by atoms with van der Waals surface area (Å²) in [5, 5.41) is 12.1. The van der Waals surface area contributed by atoms with Crippen LogP contribution >= 0.6 is 0 Å². The molecular formula is C20H22N6O2. The quantitative estimate of drug-likeness (QED) is 0.696. The molecule has 0 radical (unpaired) electrons. The van der Waals surface area contributed by atoms with Gasteiger partial charge in [-0.05, 0) is 24.5 Å². The summed E-state index contributed by atoms with van der Waals surface area (Å²) >= 11 is 0. The van der Waals surface area contributed by atoms with Crippen molar-refractivity contribution in [3.05, 3.63) is 53.4 Å². The van der Waals surface area contributed by atoms with Crippen molar-refractivity contribution < 1.29 is 9.32 Å². The molecule has 5 rings (SSSR count). The fraction of sp³-hybridized carbons (Fsp3) is 0.450. The summed E-state index contributed by atoms with van der Waals surface area (Å²) in [5.41, 5.74) is 2.61. The van der Waals surface area contributed by atoms with Crippen molar-refractivity contribution >= 4 is 11.6 Å². The van der Waals surface area contributed by atoms with Crippen LogP contribution in [0.2, 0.25) is 0 Å². The van der Waals surface area contributed by atoms with E-state index in [2.05, 4.69) is 39.5 Å². The Bertz CT molecular complexity index is 1040. The number of nitrogens with zero attached hydrogens (tertiary/aromatic N) is 6. The molecule has 1 amide bonds. The molecule has 8 heteroatoms. The molecule has 0 unspecified atom stereocenters. The predicted molar refractivity (Wildman–Crippen MR) is 101 cm³/mol. The Morgan fingerprint density at radius 3 is 3.00 bits per heavy atom. The van der Waals surface area contributed by atoms with E-state index in [1.54, 1.807) is 17.8 Å². The van der Waals surface area contributed by atoms with Crippen LogP contribution in [-0.4, -0.2) is 37.1 Å². The molecule has 1 aromatic carbocycles. The van der Waals surface area contributed by atoms with Gasteiger partial charge in [0.05, 0.1) is 6.20 Å². The van der Waals surface area contributed by atoms with Gasteiger partial charge < -0.3 is 9.42 Å². The first kappa shape index (κ1) is 17.1. The summed E-state index contributed by atoms with van der Waals surface area (Å²) in [5.74, 6) is 0.906. The third-order valence-electron chi connectivity index (χ3n) is 6.10. The van der Waals surface area contributed by atoms with E-state index in [-0.39, 0.29) is 17.4 Å². The lowest BCUT2D eigenvalue weighted by molar-refractivity contribution is 0.0956. The van der Waals surface area contributed by atoms with Crippen LogP contribution in [0.5, 0.6) is 0 Å². The zero-order valence-electron chi connectivity index (χ0n) is 16.0. The summed E-state index contributed by atoms with van der Waals surface area (Å²) in [6.07, 6.45) is 6.11. The monoisotopic (exact) mass is 378 g/mol. The number of benzene rings is 1. The van der Waals surface area contributed by atoms with E-state index in [0.717, 1.165) is 24.9 Å². The van der Waals surface area contributed by atoms with Crippen molar-refractivity contribution in [2.75, 3.05) is 4.90 Å². The number of rotatable bonds is 3. The number of amides is 1. The van der Waals surface area contributed by atoms with Gasteiger partial charge in [0.15, 0.2) is 11.5 Å². The van der Waals surface area contributed by atoms with Crippen molar-refractivity contribution in [2.24, 2.45) is 0 Å². The molecule has 2 aliphatic rings. The van der Waals surface area contributed by atoms with E-state index in [1.807, 2.05) is 17.0 Å². The topological polar surface area (TPSA) is 89.9 Å². The third kappa shape index (κ3) is 2.55. The van der Waals surface area contributed by atoms with Crippen molar-refractivity contribution in [3.63, 3.8) is 0 Å². The first-order valence-electron chi connectivity index (χ1n) is 9.69. The minimum absolute atomic E-state index is 0.00264. The van der Waals surface area contributed by atoms with Crippen LogP contribution in [0.1, 0.15) is 60.4 Å². The molecule has 1 aliphatic heterocycles. The lowest BCUT2D eigenvalue weighted by atomic mass is 9.69. The van der Waals surface area contributed by atoms with Gasteiger partial charge in [0.2, 0.25) is 5.89 Å². The molecule has 1 fully saturated rings. The van der Waals surface area contributed by atoms with Crippen LogP contribution in [0.15, 0.2) is 35.0 Å². The number of carbonyl (C=O) groups is 1. The number of hydrogen-bond acceptors (Lipinski definition) is 6. The highest BCUT2D eigenvalue weighted by molar-refractivity contribution is 6.07. The maximum absolute atomic E-state index is 13.4. The highest BCUT2D eigenvalue weighted by atomic mass is 16.5. The van der Waals surface area contributed by atoms with E-state index >= 15 is 0 Å². The Morgan fingerprint density at radius 2 is 2.18 bits per heavy atom. The Labute approximate surface area is 162 Å². The predicted octanol–water partition coefficient (Wildman–Crippen LogP) is 2.88. The van der Waals surface area contributed by atoms with Gasteiger partial charge in [-0.1, -0.05) is 48.3 Å². The summed E-state index contributed by atoms with van der Waals surface area (Å²) in [6, 6.07) is 8.43. The molecule has 28 heavy (non-hydrogen) atoms. The molecule has 2 aromatic heterocycles. The number of hydrogen-bond donors (Lipinski definition) is 0. The number of fused-ring (bicyclic) bond motifs is 3. The van der Waals surface area contributed by atoms with Crippen molar-refractivity contribution in [3.8, 4) is 0 Å². The molecule has 144 valence electrons. The van der Waals surface area contributed by atoms with Crippen LogP contribution in [0.25, 0.3) is 0 Å². The maximum Gasteiger partial charge on any atom is 0.280 e. The van der Waals surface area contributed by atoms with E-state index in [9.17, 15) is 4.79 Å². The molecule has 3 aromatic rings. The lowest BCUT2D eigenvalue weighted by Gasteiger charge is -2.39. The maximum atomic E-state index is 13.4. The van der Waals surface area contributed by atoms with Gasteiger partial charge >= 0.3 is 0 Å². The number of anilines is 1. The fourth-order valence-electron chi connectivity index (χ4n) is 4.78. The molecular weight excluding hydrogens is 356 g/mol. The normalized spacial score (nSPS) is 23.5. The summed E-state index contributed by atoms with van der Waals surface area (Å²) in [6.45, 7) is 4.34. The van der Waals surface area contributed by atoms with Crippen molar-refractivity contribution in [1.82, 2.24) is 25.1 Å². The number of para-hydroxylation sites is 1. The van der Waals surface area contributed by atoms with Gasteiger partial charge in [-0.25, -0.2) is 4.68 Å². The zero-order chi connectivity index (χ0) is 19.3. The van der Waals surface area contributed by atoms with Crippen LogP contribution in [0, 0.1) is 6.92 Å². The average molecular weight is 378 g/mol. The van der Waals surface area contributed by atoms with E-state index in [4.69, 9.17) is 4.52 Å². The summed E-state index contributed by atoms with van der Waals surface area (Å²) in [4.78, 5) is 19.6. The summed E-state index contributed by atoms with van der Waals surface area (Å²) < 4.78 is 6.55. The standard InChI is InChI=1S/C20H22N6O2/c1-13-21-18(23-28-13)12-25-11-15(22-24-25)19(27)26-16-8-4-3-7-14(16)20(2)10-6-5-9-17(20)26/h3-4,7-8,11,17H,5-6,9-10,12H2,1-2H3/t17-,20-/m0/s1. The Hall–Kier alpha value is -3.03. The number of aromatic nitrogens is 5. The molecule has 8 nitrogen and oxygen atoms in total. The highest BCUT2D eigenvalue weighted by Crippen LogP contribution is 2.52. The smallest absolute Gasteiger partial charge is 0.280 e. The molecule has 3 heterocycles. The fourth-order valence-corrected chi connectivity index (χ4v) is 4.78. The van der Waals surface area contributed by atoms with Gasteiger partial charge in [-0.2, -0.15) is 4.98 Å². The largest absolute Gasteiger partial charge is 0.340 e. The number of aryl methyl sites for hydroxylation is 1. The Kier molecular flexibility index (Phi) is 3.82. The molecule has 2 atom stereocenters. The molecule has 1 saturated carbocycles. The van der Waals surface area contributed by atoms with Crippen molar-refractivity contribution in [1.29, 1.82) is 0 Å². The molecule has 0 spiro atoms. The zero-order valence-corrected chi connectivity index (χ0v) is 16.0. The number of carbonyl (C=O) groups excluding carboxylic acids is 1. The molecule has 0 N–H and O–H groups in total. The lowest BCUT2D eigenvalue weighted by Crippen LogP contribution is -2.48. The summed E-state index contributed by atoms with van der Waals surface area (Å²) in [7, 11) is 0. The van der Waals surface area contributed by atoms with Gasteiger partial charge in [0, 0.05) is 24.1 Å². The van der Waals surface area contributed by atoms with Gasteiger partial charge in [-0.3, -0.25) is 4.79 Å². The third-order valence-corrected chi connectivity index (χ3v) is 6.10. The SMILES string of the molecule is Cc1nc(Cn2cc(C(=O)N3c4ccccc4[C@]4(C)CCCC[C@H]34)nn2)no1. The van der Waals surface area contributed by atoms with Crippen molar-refractivity contribution in [2.45, 2.75) is 57.5 Å². The van der Waals surface area contributed by atoms with Crippen LogP contribution in [0.3, 0.4) is 0 Å². The second kappa shape index (κ2) is 6.25. The second-order valence-electron chi connectivity index (χ2n) is 7.90. The van der Waals surface area contributed by atoms with Gasteiger partial charge in [0.25, 0.3) is 5.91 Å².